The van der Waals surface area contributed by atoms with Crippen molar-refractivity contribution < 1.29 is 13.6 Å². The van der Waals surface area contributed by atoms with Crippen LogP contribution in [0, 0.1) is 0 Å². The molecule has 0 saturated carbocycles. The molecule has 0 saturated heterocycles. The monoisotopic (exact) mass is 254 g/mol. The lowest BCUT2D eigenvalue weighted by atomic mass is 10.5. The molecule has 1 unspecified atom stereocenters. The zero-order valence-electron chi connectivity index (χ0n) is 7.56. The van der Waals surface area contributed by atoms with Gasteiger partial charge in [-0.05, 0) is 17.7 Å². The fourth-order valence-corrected chi connectivity index (χ4v) is 2.29. The van der Waals surface area contributed by atoms with E-state index in [0.717, 1.165) is 11.3 Å². The van der Waals surface area contributed by atoms with Crippen molar-refractivity contribution in [2.45, 2.75) is 0 Å². The van der Waals surface area contributed by atoms with E-state index >= 15 is 0 Å². The molecule has 0 aliphatic carbocycles. The maximum Gasteiger partial charge on any atom is 0.364 e. The minimum Gasteiger partial charge on any atom is -0.275 e. The van der Waals surface area contributed by atoms with E-state index in [-0.39, 0.29) is 3.89 Å². The fraction of sp³-hybridized carbons (Fsp3) is 0.286. The maximum absolute atomic E-state index is 11.0. The third-order valence-electron chi connectivity index (χ3n) is 1.71. The van der Waals surface area contributed by atoms with Crippen molar-refractivity contribution >= 4 is 44.4 Å². The Morgan fingerprint density at radius 3 is 2.50 bits per heavy atom. The minimum atomic E-state index is -2.03. The SMILES string of the molecule is C[N+](C)(c1ccc(C(=O)Cl)s1)S(=O)O. The zero-order valence-corrected chi connectivity index (χ0v) is 9.95. The van der Waals surface area contributed by atoms with Gasteiger partial charge in [0.05, 0.1) is 19.0 Å². The Morgan fingerprint density at radius 1 is 1.57 bits per heavy atom. The smallest absolute Gasteiger partial charge is 0.275 e. The standard InChI is InChI=1S/C7H8ClNO3S2/c1-9(2,14(11)12)6-4-3-5(13-6)7(8)10/h3-4H,1-2H3/p+1. The van der Waals surface area contributed by atoms with Gasteiger partial charge >= 0.3 is 11.3 Å². The van der Waals surface area contributed by atoms with E-state index in [0.29, 0.717) is 9.88 Å². The molecule has 0 aliphatic rings. The van der Waals surface area contributed by atoms with Crippen LogP contribution in [0.5, 0.6) is 0 Å². The highest BCUT2D eigenvalue weighted by molar-refractivity contribution is 7.79. The first-order valence-electron chi connectivity index (χ1n) is 3.61. The largest absolute Gasteiger partial charge is 0.364 e. The molecule has 0 radical (unpaired) electrons. The van der Waals surface area contributed by atoms with Gasteiger partial charge in [0, 0.05) is 6.07 Å². The first-order chi connectivity index (χ1) is 6.35. The molecule has 0 spiro atoms. The summed E-state index contributed by atoms with van der Waals surface area (Å²) < 4.78 is 19.8. The van der Waals surface area contributed by atoms with Gasteiger partial charge in [-0.1, -0.05) is 11.3 Å². The predicted octanol–water partition coefficient (Wildman–Crippen LogP) is 1.83. The highest BCUT2D eigenvalue weighted by atomic mass is 35.5. The van der Waals surface area contributed by atoms with Crippen molar-refractivity contribution in [3.8, 4) is 0 Å². The molecule has 1 atom stereocenters. The molecular formula is C7H9ClNO3S2+. The molecule has 1 aromatic heterocycles. The zero-order chi connectivity index (χ0) is 10.9. The topological polar surface area (TPSA) is 54.4 Å². The van der Waals surface area contributed by atoms with Gasteiger partial charge < -0.3 is 0 Å². The summed E-state index contributed by atoms with van der Waals surface area (Å²) in [5, 5.41) is 0.0554. The number of carbonyl (C=O) groups is 1. The Hall–Kier alpha value is -0.270. The third-order valence-corrected chi connectivity index (χ3v) is 4.46. The van der Waals surface area contributed by atoms with E-state index in [2.05, 4.69) is 0 Å². The summed E-state index contributed by atoms with van der Waals surface area (Å²) in [6, 6.07) is 3.16. The van der Waals surface area contributed by atoms with Crippen LogP contribution in [0.3, 0.4) is 0 Å². The van der Waals surface area contributed by atoms with Crippen LogP contribution in [0.25, 0.3) is 0 Å². The van der Waals surface area contributed by atoms with Gasteiger partial charge in [-0.2, -0.15) is 8.10 Å². The lowest BCUT2D eigenvalue weighted by molar-refractivity contribution is 0.108. The molecule has 1 aromatic rings. The van der Waals surface area contributed by atoms with Crippen LogP contribution in [0.4, 0.5) is 5.00 Å². The number of thiophene rings is 1. The number of halogens is 1. The van der Waals surface area contributed by atoms with Crippen LogP contribution in [0.2, 0.25) is 0 Å². The van der Waals surface area contributed by atoms with Crippen LogP contribution in [0.15, 0.2) is 12.1 Å². The summed E-state index contributed by atoms with van der Waals surface area (Å²) in [6.45, 7) is 0. The van der Waals surface area contributed by atoms with Gasteiger partial charge in [-0.3, -0.25) is 9.35 Å². The van der Waals surface area contributed by atoms with Crippen molar-refractivity contribution in [2.75, 3.05) is 14.1 Å². The average molecular weight is 255 g/mol. The van der Waals surface area contributed by atoms with E-state index in [1.54, 1.807) is 26.2 Å². The van der Waals surface area contributed by atoms with Gasteiger partial charge in [-0.25, -0.2) is 0 Å². The summed E-state index contributed by atoms with van der Waals surface area (Å²) in [4.78, 5) is 11.2. The summed E-state index contributed by atoms with van der Waals surface area (Å²) in [5.41, 5.74) is 0. The first kappa shape index (κ1) is 11.8. The Bertz CT molecular complexity index is 388. The summed E-state index contributed by atoms with van der Waals surface area (Å²) in [5.74, 6) is 0. The second-order valence-corrected chi connectivity index (χ2v) is 5.77. The highest BCUT2D eigenvalue weighted by Crippen LogP contribution is 2.30. The second-order valence-electron chi connectivity index (χ2n) is 2.99. The molecule has 0 aromatic carbocycles. The van der Waals surface area contributed by atoms with Crippen LogP contribution in [-0.2, 0) is 11.3 Å². The molecule has 0 aliphatic heterocycles. The minimum absolute atomic E-state index is 0.200. The molecule has 1 rings (SSSR count). The maximum atomic E-state index is 11.0. The number of rotatable bonds is 3. The number of hydrogen-bond acceptors (Lipinski definition) is 3. The third kappa shape index (κ3) is 2.21. The van der Waals surface area contributed by atoms with Gasteiger partial charge in [0.25, 0.3) is 5.24 Å². The molecule has 14 heavy (non-hydrogen) atoms. The van der Waals surface area contributed by atoms with Crippen LogP contribution >= 0.6 is 22.9 Å². The summed E-state index contributed by atoms with van der Waals surface area (Å²) in [7, 11) is 3.15. The summed E-state index contributed by atoms with van der Waals surface area (Å²) >= 11 is 4.35. The van der Waals surface area contributed by atoms with Crippen molar-refractivity contribution in [3.05, 3.63) is 17.0 Å². The Balaban J connectivity index is 3.09. The van der Waals surface area contributed by atoms with Crippen molar-refractivity contribution in [3.63, 3.8) is 0 Å². The first-order valence-corrected chi connectivity index (χ1v) is 5.87. The number of hydrogen-bond donors (Lipinski definition) is 1. The van der Waals surface area contributed by atoms with Crippen molar-refractivity contribution in [2.24, 2.45) is 0 Å². The van der Waals surface area contributed by atoms with E-state index < -0.39 is 16.5 Å². The molecule has 0 amide bonds. The number of carbonyl (C=O) groups excluding carboxylic acids is 1. The number of nitrogens with zero attached hydrogens (tertiary/aromatic N) is 1. The van der Waals surface area contributed by atoms with E-state index in [4.69, 9.17) is 16.2 Å². The van der Waals surface area contributed by atoms with E-state index in [1.807, 2.05) is 0 Å². The summed E-state index contributed by atoms with van der Waals surface area (Å²) in [6.07, 6.45) is 0. The van der Waals surface area contributed by atoms with E-state index in [1.165, 1.54) is 0 Å². The Labute approximate surface area is 93.1 Å². The average Bonchev–Trinajstić information content (AvgIpc) is 2.51. The predicted molar refractivity (Wildman–Crippen MR) is 58.9 cm³/mol. The Morgan fingerprint density at radius 2 is 2.14 bits per heavy atom. The molecule has 7 heteroatoms. The van der Waals surface area contributed by atoms with Crippen LogP contribution in [-0.4, -0.2) is 28.1 Å². The van der Waals surface area contributed by atoms with Gasteiger partial charge in [0.1, 0.15) is 0 Å². The van der Waals surface area contributed by atoms with Crippen molar-refractivity contribution in [1.82, 2.24) is 3.89 Å². The molecular weight excluding hydrogens is 246 g/mol. The van der Waals surface area contributed by atoms with Gasteiger partial charge in [0.15, 0.2) is 0 Å². The molecule has 78 valence electrons. The lowest BCUT2D eigenvalue weighted by Gasteiger charge is -2.20. The fourth-order valence-electron chi connectivity index (χ4n) is 0.800. The van der Waals surface area contributed by atoms with Gasteiger partial charge in [-0.15, -0.1) is 0 Å². The molecule has 0 fully saturated rings. The molecule has 1 N–H and O–H groups in total. The van der Waals surface area contributed by atoms with E-state index in [9.17, 15) is 9.00 Å². The second kappa shape index (κ2) is 4.08. The molecule has 0 bridgehead atoms. The van der Waals surface area contributed by atoms with Crippen LogP contribution in [0.1, 0.15) is 9.67 Å². The Kier molecular flexibility index (Phi) is 3.44. The lowest BCUT2D eigenvalue weighted by Crippen LogP contribution is -2.40. The molecule has 4 nitrogen and oxygen atoms in total. The molecule has 1 heterocycles. The van der Waals surface area contributed by atoms with Crippen LogP contribution < -0.4 is 3.89 Å². The van der Waals surface area contributed by atoms with Crippen molar-refractivity contribution in [1.29, 1.82) is 0 Å². The van der Waals surface area contributed by atoms with Gasteiger partial charge in [0.2, 0.25) is 5.00 Å². The highest BCUT2D eigenvalue weighted by Gasteiger charge is 2.29. The normalized spacial score (nSPS) is 14.0. The quantitative estimate of drug-likeness (QED) is 0.509. The number of quaternary nitrogens is 1.